The van der Waals surface area contributed by atoms with Gasteiger partial charge in [-0.3, -0.25) is 9.89 Å². The molecule has 114 valence electrons. The molecule has 0 spiro atoms. The van der Waals surface area contributed by atoms with Gasteiger partial charge in [-0.05, 0) is 40.5 Å². The van der Waals surface area contributed by atoms with E-state index in [0.717, 1.165) is 32.1 Å². The summed E-state index contributed by atoms with van der Waals surface area (Å²) >= 11 is 0. The number of hydrogen-bond donors (Lipinski definition) is 2. The van der Waals surface area contributed by atoms with Gasteiger partial charge in [0, 0.05) is 38.3 Å². The summed E-state index contributed by atoms with van der Waals surface area (Å²) in [6.07, 6.45) is 0. The zero-order chi connectivity index (χ0) is 14.8. The van der Waals surface area contributed by atoms with Gasteiger partial charge < -0.3 is 10.6 Å². The fourth-order valence-electron chi connectivity index (χ4n) is 2.03. The van der Waals surface area contributed by atoms with Gasteiger partial charge in [0.15, 0.2) is 5.96 Å². The van der Waals surface area contributed by atoms with E-state index in [4.69, 9.17) is 0 Å². The summed E-state index contributed by atoms with van der Waals surface area (Å²) in [5, 5.41) is 6.70. The average molecular weight is 270 g/mol. The van der Waals surface area contributed by atoms with Gasteiger partial charge in [-0.1, -0.05) is 13.8 Å². The van der Waals surface area contributed by atoms with Crippen molar-refractivity contribution in [2.24, 2.45) is 10.9 Å². The molecule has 0 rings (SSSR count). The molecule has 0 saturated carbocycles. The van der Waals surface area contributed by atoms with E-state index in [0.29, 0.717) is 18.0 Å². The Morgan fingerprint density at radius 2 is 1.58 bits per heavy atom. The van der Waals surface area contributed by atoms with Crippen LogP contribution in [0.1, 0.15) is 48.5 Å². The largest absolute Gasteiger partial charge is 0.357 e. The standard InChI is InChI=1S/C15H34N4/c1-8-16-15(18-11-12(2)3)17-9-10-19(13(4)5)14(6)7/h12-14H,8-11H2,1-7H3,(H2,16,17,18). The van der Waals surface area contributed by atoms with E-state index in [2.05, 4.69) is 69.0 Å². The number of guanidine groups is 1. The number of nitrogens with zero attached hydrogens (tertiary/aromatic N) is 2. The second kappa shape index (κ2) is 10.1. The second-order valence-corrected chi connectivity index (χ2v) is 5.97. The molecule has 0 aromatic heterocycles. The molecule has 0 unspecified atom stereocenters. The van der Waals surface area contributed by atoms with E-state index < -0.39 is 0 Å². The van der Waals surface area contributed by atoms with Crippen molar-refractivity contribution in [1.29, 1.82) is 0 Å². The summed E-state index contributed by atoms with van der Waals surface area (Å²) < 4.78 is 0. The fourth-order valence-corrected chi connectivity index (χ4v) is 2.03. The van der Waals surface area contributed by atoms with Crippen LogP contribution in [0.4, 0.5) is 0 Å². The van der Waals surface area contributed by atoms with Crippen molar-refractivity contribution in [1.82, 2.24) is 15.5 Å². The minimum atomic E-state index is 0.581. The van der Waals surface area contributed by atoms with Gasteiger partial charge >= 0.3 is 0 Å². The zero-order valence-electron chi connectivity index (χ0n) is 14.0. The van der Waals surface area contributed by atoms with Crippen molar-refractivity contribution in [3.63, 3.8) is 0 Å². The second-order valence-electron chi connectivity index (χ2n) is 5.97. The third kappa shape index (κ3) is 8.87. The molecule has 0 aliphatic rings. The number of nitrogens with one attached hydrogen (secondary N) is 2. The van der Waals surface area contributed by atoms with Crippen molar-refractivity contribution in [2.75, 3.05) is 26.2 Å². The summed E-state index contributed by atoms with van der Waals surface area (Å²) in [5.74, 6) is 1.53. The molecular weight excluding hydrogens is 236 g/mol. The smallest absolute Gasteiger partial charge is 0.191 e. The molecule has 0 aromatic rings. The molecule has 0 bridgehead atoms. The van der Waals surface area contributed by atoms with Crippen molar-refractivity contribution in [2.45, 2.75) is 60.5 Å². The fraction of sp³-hybridized carbons (Fsp3) is 0.933. The average Bonchev–Trinajstić information content (AvgIpc) is 2.30. The molecule has 0 aliphatic heterocycles. The lowest BCUT2D eigenvalue weighted by Crippen LogP contribution is -2.45. The third-order valence-electron chi connectivity index (χ3n) is 2.95. The van der Waals surface area contributed by atoms with Crippen LogP contribution < -0.4 is 10.6 Å². The van der Waals surface area contributed by atoms with Crippen LogP contribution in [-0.4, -0.2) is 49.1 Å². The molecule has 2 N–H and O–H groups in total. The first kappa shape index (κ1) is 18.2. The lowest BCUT2D eigenvalue weighted by atomic mass is 10.2. The molecule has 4 nitrogen and oxygen atoms in total. The summed E-state index contributed by atoms with van der Waals surface area (Å²) in [6.45, 7) is 19.2. The van der Waals surface area contributed by atoms with Crippen molar-refractivity contribution >= 4 is 5.96 Å². The molecule has 0 aliphatic carbocycles. The van der Waals surface area contributed by atoms with Gasteiger partial charge in [0.25, 0.3) is 0 Å². The van der Waals surface area contributed by atoms with Gasteiger partial charge in [-0.2, -0.15) is 0 Å². The molecule has 0 heterocycles. The molecule has 0 radical (unpaired) electrons. The normalized spacial score (nSPS) is 12.9. The van der Waals surface area contributed by atoms with E-state index in [-0.39, 0.29) is 0 Å². The summed E-state index contributed by atoms with van der Waals surface area (Å²) in [6, 6.07) is 1.16. The summed E-state index contributed by atoms with van der Waals surface area (Å²) in [5.41, 5.74) is 0. The van der Waals surface area contributed by atoms with Gasteiger partial charge in [0.2, 0.25) is 0 Å². The Balaban J connectivity index is 4.20. The van der Waals surface area contributed by atoms with Crippen LogP contribution >= 0.6 is 0 Å². The van der Waals surface area contributed by atoms with Crippen LogP contribution in [0, 0.1) is 5.92 Å². The van der Waals surface area contributed by atoms with Crippen LogP contribution in [0.25, 0.3) is 0 Å². The van der Waals surface area contributed by atoms with Crippen molar-refractivity contribution in [3.8, 4) is 0 Å². The lowest BCUT2D eigenvalue weighted by Gasteiger charge is -2.30. The van der Waals surface area contributed by atoms with Gasteiger partial charge in [-0.15, -0.1) is 0 Å². The van der Waals surface area contributed by atoms with Gasteiger partial charge in [0.05, 0.1) is 0 Å². The zero-order valence-corrected chi connectivity index (χ0v) is 14.0. The maximum absolute atomic E-state index is 4.58. The van der Waals surface area contributed by atoms with Crippen LogP contribution in [0.5, 0.6) is 0 Å². The van der Waals surface area contributed by atoms with Crippen LogP contribution in [0.3, 0.4) is 0 Å². The Hall–Kier alpha value is -0.770. The predicted octanol–water partition coefficient (Wildman–Crippen LogP) is 2.32. The minimum Gasteiger partial charge on any atom is -0.357 e. The van der Waals surface area contributed by atoms with E-state index in [1.54, 1.807) is 0 Å². The van der Waals surface area contributed by atoms with Crippen molar-refractivity contribution < 1.29 is 0 Å². The number of hydrogen-bond acceptors (Lipinski definition) is 2. The van der Waals surface area contributed by atoms with E-state index in [1.807, 2.05) is 0 Å². The molecule has 0 aromatic carbocycles. The highest BCUT2D eigenvalue weighted by Crippen LogP contribution is 2.03. The maximum Gasteiger partial charge on any atom is 0.191 e. The summed E-state index contributed by atoms with van der Waals surface area (Å²) in [7, 11) is 0. The monoisotopic (exact) mass is 270 g/mol. The first-order valence-corrected chi connectivity index (χ1v) is 7.66. The third-order valence-corrected chi connectivity index (χ3v) is 2.95. The molecule has 0 fully saturated rings. The molecule has 0 atom stereocenters. The topological polar surface area (TPSA) is 39.7 Å². The Kier molecular flexibility index (Phi) is 9.66. The molecule has 4 heteroatoms. The highest BCUT2D eigenvalue weighted by molar-refractivity contribution is 5.79. The quantitative estimate of drug-likeness (QED) is 0.525. The summed E-state index contributed by atoms with van der Waals surface area (Å²) in [4.78, 5) is 7.06. The highest BCUT2D eigenvalue weighted by Gasteiger charge is 2.12. The Bertz CT molecular complexity index is 239. The lowest BCUT2D eigenvalue weighted by molar-refractivity contribution is 0.178. The van der Waals surface area contributed by atoms with Crippen LogP contribution in [0.2, 0.25) is 0 Å². The van der Waals surface area contributed by atoms with E-state index >= 15 is 0 Å². The first-order valence-electron chi connectivity index (χ1n) is 7.66. The minimum absolute atomic E-state index is 0.581. The molecule has 19 heavy (non-hydrogen) atoms. The van der Waals surface area contributed by atoms with Crippen LogP contribution in [0.15, 0.2) is 4.99 Å². The van der Waals surface area contributed by atoms with Crippen LogP contribution in [-0.2, 0) is 0 Å². The highest BCUT2D eigenvalue weighted by atomic mass is 15.2. The number of aliphatic imine (C=N–C) groups is 1. The predicted molar refractivity (Wildman–Crippen MR) is 85.8 cm³/mol. The van der Waals surface area contributed by atoms with E-state index in [1.165, 1.54) is 0 Å². The van der Waals surface area contributed by atoms with E-state index in [9.17, 15) is 0 Å². The maximum atomic E-state index is 4.58. The van der Waals surface area contributed by atoms with Gasteiger partial charge in [0.1, 0.15) is 0 Å². The molecule has 0 saturated heterocycles. The molecule has 0 amide bonds. The van der Waals surface area contributed by atoms with Crippen molar-refractivity contribution in [3.05, 3.63) is 0 Å². The Morgan fingerprint density at radius 1 is 1.00 bits per heavy atom. The van der Waals surface area contributed by atoms with Gasteiger partial charge in [-0.25, -0.2) is 0 Å². The first-order chi connectivity index (χ1) is 8.88. The number of rotatable bonds is 8. The molecular formula is C15H34N4. The Labute approximate surface area is 120 Å². The SMILES string of the molecule is CCNC(=NCC(C)C)NCCN(C(C)C)C(C)C. The Morgan fingerprint density at radius 3 is 2.00 bits per heavy atom.